The number of primary amides is 1. The Hall–Kier alpha value is -0.900. The van der Waals surface area contributed by atoms with Crippen LogP contribution in [0, 0.1) is 5.41 Å². The van der Waals surface area contributed by atoms with Crippen LogP contribution >= 0.6 is 0 Å². The first kappa shape index (κ1) is 9.10. The van der Waals surface area contributed by atoms with Crippen LogP contribution in [0.2, 0.25) is 0 Å². The molecule has 4 N–H and O–H groups in total. The van der Waals surface area contributed by atoms with Gasteiger partial charge < -0.3 is 11.5 Å². The molecule has 0 aliphatic carbocycles. The van der Waals surface area contributed by atoms with Crippen LogP contribution in [0.3, 0.4) is 0 Å². The van der Waals surface area contributed by atoms with Crippen LogP contribution in [-0.4, -0.2) is 18.2 Å². The molecule has 0 saturated heterocycles. The summed E-state index contributed by atoms with van der Waals surface area (Å²) < 4.78 is 0. The van der Waals surface area contributed by atoms with E-state index < -0.39 is 11.3 Å². The highest BCUT2D eigenvalue weighted by atomic mass is 16.2. The zero-order chi connectivity index (χ0) is 8.36. The molecule has 0 unspecified atom stereocenters. The maximum Gasteiger partial charge on any atom is 0.230 e. The van der Waals surface area contributed by atoms with Gasteiger partial charge in [-0.25, -0.2) is 0 Å². The Morgan fingerprint density at radius 3 is 1.90 bits per heavy atom. The first-order chi connectivity index (χ1) is 4.42. The highest BCUT2D eigenvalue weighted by Gasteiger charge is 2.32. The number of carbonyl (C=O) groups is 2. The smallest absolute Gasteiger partial charge is 0.230 e. The number of Topliss-reactive ketones (excluding diaryl/α,β-unsaturated/α-hetero) is 1. The molecule has 0 radical (unpaired) electrons. The zero-order valence-electron chi connectivity index (χ0n) is 6.18. The molecule has 0 bridgehead atoms. The van der Waals surface area contributed by atoms with Gasteiger partial charge in [0.2, 0.25) is 5.91 Å². The molecule has 0 aromatic heterocycles. The number of nitrogens with two attached hydrogens (primary N) is 2. The van der Waals surface area contributed by atoms with Crippen molar-refractivity contribution in [2.24, 2.45) is 16.9 Å². The molecular weight excluding hydrogens is 132 g/mol. The lowest BCUT2D eigenvalue weighted by Crippen LogP contribution is -2.41. The van der Waals surface area contributed by atoms with E-state index in [9.17, 15) is 9.59 Å². The van der Waals surface area contributed by atoms with Crippen LogP contribution in [0.1, 0.15) is 13.8 Å². The Kier molecular flexibility index (Phi) is 2.54. The van der Waals surface area contributed by atoms with E-state index in [1.54, 1.807) is 0 Å². The van der Waals surface area contributed by atoms with Crippen molar-refractivity contribution in [2.75, 3.05) is 6.54 Å². The Bertz CT molecular complexity index is 163. The predicted octanol–water partition coefficient (Wildman–Crippen LogP) is -0.974. The van der Waals surface area contributed by atoms with Crippen molar-refractivity contribution in [2.45, 2.75) is 13.8 Å². The summed E-state index contributed by atoms with van der Waals surface area (Å²) in [6.07, 6.45) is 0. The summed E-state index contributed by atoms with van der Waals surface area (Å²) in [7, 11) is 0. The summed E-state index contributed by atoms with van der Waals surface area (Å²) in [5, 5.41) is 0. The summed E-state index contributed by atoms with van der Waals surface area (Å²) in [5.74, 6) is -0.969. The SMILES string of the molecule is CC(C)(C(N)=O)C(=O)CN. The van der Waals surface area contributed by atoms with Crippen molar-refractivity contribution in [3.8, 4) is 0 Å². The third kappa shape index (κ3) is 1.54. The Labute approximate surface area is 59.6 Å². The van der Waals surface area contributed by atoms with E-state index in [-0.39, 0.29) is 12.3 Å². The van der Waals surface area contributed by atoms with E-state index in [2.05, 4.69) is 0 Å². The molecule has 0 rings (SSSR count). The molecule has 10 heavy (non-hydrogen) atoms. The Balaban J connectivity index is 4.40. The molecule has 1 amide bonds. The Morgan fingerprint density at radius 1 is 1.40 bits per heavy atom. The number of ketones is 1. The molecule has 0 aromatic rings. The standard InChI is InChI=1S/C6H12N2O2/c1-6(2,5(8)10)4(9)3-7/h3,7H2,1-2H3,(H2,8,10). The second-order valence-electron chi connectivity index (χ2n) is 2.62. The molecule has 0 spiro atoms. The fraction of sp³-hybridized carbons (Fsp3) is 0.667. The van der Waals surface area contributed by atoms with Gasteiger partial charge in [-0.1, -0.05) is 0 Å². The van der Waals surface area contributed by atoms with E-state index in [0.717, 1.165) is 0 Å². The van der Waals surface area contributed by atoms with Crippen molar-refractivity contribution in [3.05, 3.63) is 0 Å². The molecule has 0 aliphatic heterocycles. The largest absolute Gasteiger partial charge is 0.369 e. The summed E-state index contributed by atoms with van der Waals surface area (Å²) in [5.41, 5.74) is 8.85. The van der Waals surface area contributed by atoms with Gasteiger partial charge in [0.25, 0.3) is 0 Å². The number of carbonyl (C=O) groups excluding carboxylic acids is 2. The maximum absolute atomic E-state index is 10.8. The van der Waals surface area contributed by atoms with Crippen molar-refractivity contribution in [1.29, 1.82) is 0 Å². The molecular formula is C6H12N2O2. The minimum atomic E-state index is -1.12. The van der Waals surface area contributed by atoms with Crippen LogP contribution in [-0.2, 0) is 9.59 Å². The lowest BCUT2D eigenvalue weighted by Gasteiger charge is -2.16. The van der Waals surface area contributed by atoms with Gasteiger partial charge in [0.15, 0.2) is 5.78 Å². The Morgan fingerprint density at radius 2 is 1.80 bits per heavy atom. The van der Waals surface area contributed by atoms with Crippen LogP contribution in [0.25, 0.3) is 0 Å². The van der Waals surface area contributed by atoms with Gasteiger partial charge in [0.05, 0.1) is 6.54 Å². The molecule has 58 valence electrons. The van der Waals surface area contributed by atoms with Crippen LogP contribution < -0.4 is 11.5 Å². The lowest BCUT2D eigenvalue weighted by atomic mass is 9.87. The number of rotatable bonds is 3. The van der Waals surface area contributed by atoms with Gasteiger partial charge in [-0.15, -0.1) is 0 Å². The van der Waals surface area contributed by atoms with Crippen molar-refractivity contribution in [1.82, 2.24) is 0 Å². The van der Waals surface area contributed by atoms with Crippen LogP contribution in [0.5, 0.6) is 0 Å². The first-order valence-electron chi connectivity index (χ1n) is 2.96. The summed E-state index contributed by atoms with van der Waals surface area (Å²) >= 11 is 0. The molecule has 0 saturated carbocycles. The fourth-order valence-corrected chi connectivity index (χ4v) is 0.393. The number of hydrogen-bond donors (Lipinski definition) is 2. The number of hydrogen-bond acceptors (Lipinski definition) is 3. The summed E-state index contributed by atoms with van der Waals surface area (Å²) in [6.45, 7) is 2.78. The molecule has 0 fully saturated rings. The molecule has 4 nitrogen and oxygen atoms in total. The second-order valence-corrected chi connectivity index (χ2v) is 2.62. The second kappa shape index (κ2) is 2.79. The van der Waals surface area contributed by atoms with E-state index in [1.807, 2.05) is 0 Å². The third-order valence-corrected chi connectivity index (χ3v) is 1.50. The average molecular weight is 144 g/mol. The van der Waals surface area contributed by atoms with E-state index in [4.69, 9.17) is 11.5 Å². The minimum Gasteiger partial charge on any atom is -0.369 e. The quantitative estimate of drug-likeness (QED) is 0.499. The molecule has 0 aliphatic rings. The molecule has 0 aromatic carbocycles. The van der Waals surface area contributed by atoms with Crippen molar-refractivity contribution >= 4 is 11.7 Å². The molecule has 0 heterocycles. The molecule has 4 heteroatoms. The van der Waals surface area contributed by atoms with Crippen LogP contribution in [0.4, 0.5) is 0 Å². The maximum atomic E-state index is 10.8. The number of amides is 1. The third-order valence-electron chi connectivity index (χ3n) is 1.50. The lowest BCUT2D eigenvalue weighted by molar-refractivity contribution is -0.137. The normalized spacial score (nSPS) is 11.1. The van der Waals surface area contributed by atoms with E-state index in [1.165, 1.54) is 13.8 Å². The minimum absolute atomic E-state index is 0.143. The topological polar surface area (TPSA) is 86.2 Å². The monoisotopic (exact) mass is 144 g/mol. The first-order valence-corrected chi connectivity index (χ1v) is 2.96. The van der Waals surface area contributed by atoms with Gasteiger partial charge in [0.1, 0.15) is 5.41 Å². The van der Waals surface area contributed by atoms with Crippen LogP contribution in [0.15, 0.2) is 0 Å². The highest BCUT2D eigenvalue weighted by molar-refractivity contribution is 6.05. The molecule has 0 atom stereocenters. The average Bonchev–Trinajstić information content (AvgIpc) is 1.86. The van der Waals surface area contributed by atoms with Gasteiger partial charge >= 0.3 is 0 Å². The van der Waals surface area contributed by atoms with Gasteiger partial charge in [0, 0.05) is 0 Å². The van der Waals surface area contributed by atoms with Gasteiger partial charge in [-0.05, 0) is 13.8 Å². The summed E-state index contributed by atoms with van der Waals surface area (Å²) in [6, 6.07) is 0. The predicted molar refractivity (Wildman–Crippen MR) is 37.0 cm³/mol. The van der Waals surface area contributed by atoms with Crippen molar-refractivity contribution < 1.29 is 9.59 Å². The zero-order valence-corrected chi connectivity index (χ0v) is 6.18. The van der Waals surface area contributed by atoms with Gasteiger partial charge in [-0.3, -0.25) is 9.59 Å². The van der Waals surface area contributed by atoms with E-state index >= 15 is 0 Å². The highest BCUT2D eigenvalue weighted by Crippen LogP contribution is 2.13. The van der Waals surface area contributed by atoms with Gasteiger partial charge in [-0.2, -0.15) is 0 Å². The summed E-state index contributed by atoms with van der Waals surface area (Å²) in [4.78, 5) is 21.4. The van der Waals surface area contributed by atoms with E-state index in [0.29, 0.717) is 0 Å². The van der Waals surface area contributed by atoms with Crippen molar-refractivity contribution in [3.63, 3.8) is 0 Å². The fourth-order valence-electron chi connectivity index (χ4n) is 0.393.